The van der Waals surface area contributed by atoms with Crippen molar-refractivity contribution < 1.29 is 13.9 Å². The molecule has 0 bridgehead atoms. The normalized spacial score (nSPS) is 18.2. The van der Waals surface area contributed by atoms with E-state index in [1.807, 2.05) is 16.8 Å². The van der Waals surface area contributed by atoms with E-state index in [-0.39, 0.29) is 12.0 Å². The highest BCUT2D eigenvalue weighted by molar-refractivity contribution is 5.88. The van der Waals surface area contributed by atoms with Crippen LogP contribution in [0.1, 0.15) is 47.7 Å². The number of nitriles is 1. The van der Waals surface area contributed by atoms with Gasteiger partial charge in [-0.1, -0.05) is 0 Å². The molecule has 3 heterocycles. The Morgan fingerprint density at radius 2 is 2.42 bits per heavy atom. The van der Waals surface area contributed by atoms with Gasteiger partial charge in [0.15, 0.2) is 0 Å². The van der Waals surface area contributed by atoms with Crippen LogP contribution in [-0.4, -0.2) is 40.3 Å². The molecule has 0 N–H and O–H groups in total. The molecule has 7 heteroatoms. The lowest BCUT2D eigenvalue weighted by Crippen LogP contribution is -2.36. The summed E-state index contributed by atoms with van der Waals surface area (Å²) in [6.07, 6.45) is 5.38. The maximum absolute atomic E-state index is 11.8. The largest absolute Gasteiger partial charge is 0.462 e. The number of esters is 1. The van der Waals surface area contributed by atoms with Gasteiger partial charge in [-0.15, -0.1) is 0 Å². The number of aromatic nitrogens is 2. The highest BCUT2D eigenvalue weighted by atomic mass is 16.5. The average Bonchev–Trinajstić information content (AvgIpc) is 3.24. The zero-order chi connectivity index (χ0) is 16.9. The number of piperidine rings is 1. The first-order valence-corrected chi connectivity index (χ1v) is 8.12. The number of rotatable bonds is 5. The standard InChI is InChI=1S/C17H20N4O3/c1-2-23-17(22)13-9-19-21(10-13)14-4-3-7-20(11-14)12-16-6-5-15(8-18)24-16/h5-6,9-10,14H,2-4,7,11-12H2,1H3/t14-/m0/s1. The van der Waals surface area contributed by atoms with E-state index in [2.05, 4.69) is 10.00 Å². The predicted octanol–water partition coefficient (Wildman–Crippen LogP) is 2.36. The van der Waals surface area contributed by atoms with Gasteiger partial charge in [0.05, 0.1) is 31.0 Å². The van der Waals surface area contributed by atoms with Crippen molar-refractivity contribution in [3.05, 3.63) is 41.6 Å². The molecule has 1 aliphatic heterocycles. The summed E-state index contributed by atoms with van der Waals surface area (Å²) >= 11 is 0. The second-order valence-corrected chi connectivity index (χ2v) is 5.84. The van der Waals surface area contributed by atoms with E-state index in [9.17, 15) is 4.79 Å². The molecule has 0 unspecified atom stereocenters. The smallest absolute Gasteiger partial charge is 0.341 e. The molecule has 1 saturated heterocycles. The molecule has 2 aromatic rings. The third kappa shape index (κ3) is 3.66. The summed E-state index contributed by atoms with van der Waals surface area (Å²) in [7, 11) is 0. The molecule has 24 heavy (non-hydrogen) atoms. The molecule has 1 atom stereocenters. The van der Waals surface area contributed by atoms with Crippen molar-refractivity contribution in [3.8, 4) is 6.07 Å². The molecule has 0 radical (unpaired) electrons. The molecular formula is C17H20N4O3. The third-order valence-electron chi connectivity index (χ3n) is 4.12. The van der Waals surface area contributed by atoms with Crippen molar-refractivity contribution >= 4 is 5.97 Å². The fraction of sp³-hybridized carbons (Fsp3) is 0.471. The van der Waals surface area contributed by atoms with Crippen molar-refractivity contribution in [2.45, 2.75) is 32.4 Å². The third-order valence-corrected chi connectivity index (χ3v) is 4.12. The maximum Gasteiger partial charge on any atom is 0.341 e. The van der Waals surface area contributed by atoms with E-state index in [0.29, 0.717) is 24.5 Å². The quantitative estimate of drug-likeness (QED) is 0.783. The predicted molar refractivity (Wildman–Crippen MR) is 85.2 cm³/mol. The first-order valence-electron chi connectivity index (χ1n) is 8.12. The highest BCUT2D eigenvalue weighted by Gasteiger charge is 2.23. The van der Waals surface area contributed by atoms with E-state index in [0.717, 1.165) is 31.7 Å². The van der Waals surface area contributed by atoms with E-state index >= 15 is 0 Å². The fourth-order valence-electron chi connectivity index (χ4n) is 2.99. The minimum Gasteiger partial charge on any atom is -0.462 e. The van der Waals surface area contributed by atoms with Gasteiger partial charge in [0.1, 0.15) is 11.8 Å². The van der Waals surface area contributed by atoms with Gasteiger partial charge >= 0.3 is 5.97 Å². The molecule has 0 saturated carbocycles. The monoisotopic (exact) mass is 328 g/mol. The number of likely N-dealkylation sites (tertiary alicyclic amines) is 1. The topological polar surface area (TPSA) is 84.3 Å². The Hall–Kier alpha value is -2.59. The number of ether oxygens (including phenoxy) is 1. The molecule has 0 aliphatic carbocycles. The van der Waals surface area contributed by atoms with E-state index in [1.165, 1.54) is 0 Å². The van der Waals surface area contributed by atoms with Crippen molar-refractivity contribution in [1.82, 2.24) is 14.7 Å². The number of hydrogen-bond donors (Lipinski definition) is 0. The maximum atomic E-state index is 11.8. The van der Waals surface area contributed by atoms with Crippen LogP contribution in [0.2, 0.25) is 0 Å². The lowest BCUT2D eigenvalue weighted by Gasteiger charge is -2.32. The Kier molecular flexibility index (Phi) is 4.96. The summed E-state index contributed by atoms with van der Waals surface area (Å²) in [6, 6.07) is 5.75. The molecule has 3 rings (SSSR count). The number of furan rings is 1. The summed E-state index contributed by atoms with van der Waals surface area (Å²) in [6.45, 7) is 4.62. The summed E-state index contributed by atoms with van der Waals surface area (Å²) in [5, 5.41) is 13.2. The second kappa shape index (κ2) is 7.32. The molecule has 1 fully saturated rings. The van der Waals surface area contributed by atoms with Gasteiger partial charge in [-0.25, -0.2) is 4.79 Å². The van der Waals surface area contributed by atoms with Gasteiger partial charge in [0, 0.05) is 12.7 Å². The van der Waals surface area contributed by atoms with Crippen molar-refractivity contribution in [1.29, 1.82) is 5.26 Å². The summed E-state index contributed by atoms with van der Waals surface area (Å²) in [4.78, 5) is 14.0. The van der Waals surface area contributed by atoms with E-state index in [1.54, 1.807) is 25.4 Å². The van der Waals surface area contributed by atoms with Crippen molar-refractivity contribution in [2.24, 2.45) is 0 Å². The van der Waals surface area contributed by atoms with Gasteiger partial charge in [-0.05, 0) is 38.4 Å². The zero-order valence-corrected chi connectivity index (χ0v) is 13.6. The fourth-order valence-corrected chi connectivity index (χ4v) is 2.99. The Balaban J connectivity index is 1.63. The lowest BCUT2D eigenvalue weighted by molar-refractivity contribution is 0.0526. The minimum atomic E-state index is -0.337. The van der Waals surface area contributed by atoms with Crippen LogP contribution >= 0.6 is 0 Å². The van der Waals surface area contributed by atoms with Gasteiger partial charge in [0.2, 0.25) is 5.76 Å². The van der Waals surface area contributed by atoms with Crippen LogP contribution in [0.5, 0.6) is 0 Å². The molecule has 126 valence electrons. The van der Waals surface area contributed by atoms with Gasteiger partial charge in [-0.2, -0.15) is 10.4 Å². The molecule has 7 nitrogen and oxygen atoms in total. The van der Waals surface area contributed by atoms with Crippen LogP contribution < -0.4 is 0 Å². The van der Waals surface area contributed by atoms with Crippen LogP contribution in [0.15, 0.2) is 28.9 Å². The van der Waals surface area contributed by atoms with Crippen LogP contribution in [0, 0.1) is 11.3 Å². The first kappa shape index (κ1) is 16.3. The number of hydrogen-bond acceptors (Lipinski definition) is 6. The Morgan fingerprint density at radius 3 is 3.17 bits per heavy atom. The molecule has 0 spiro atoms. The highest BCUT2D eigenvalue weighted by Crippen LogP contribution is 2.23. The molecule has 0 amide bonds. The second-order valence-electron chi connectivity index (χ2n) is 5.84. The average molecular weight is 328 g/mol. The SMILES string of the molecule is CCOC(=O)c1cnn([C@H]2CCCN(Cc3ccc(C#N)o3)C2)c1. The number of carbonyl (C=O) groups is 1. The lowest BCUT2D eigenvalue weighted by atomic mass is 10.1. The molecular weight excluding hydrogens is 308 g/mol. The molecule has 2 aromatic heterocycles. The van der Waals surface area contributed by atoms with Crippen molar-refractivity contribution in [3.63, 3.8) is 0 Å². The summed E-state index contributed by atoms with van der Waals surface area (Å²) < 4.78 is 12.3. The van der Waals surface area contributed by atoms with E-state index in [4.69, 9.17) is 14.4 Å². The van der Waals surface area contributed by atoms with Gasteiger partial charge in [-0.3, -0.25) is 9.58 Å². The van der Waals surface area contributed by atoms with Crippen molar-refractivity contribution in [2.75, 3.05) is 19.7 Å². The van der Waals surface area contributed by atoms with Gasteiger partial charge in [0.25, 0.3) is 0 Å². The van der Waals surface area contributed by atoms with Crippen LogP contribution in [-0.2, 0) is 11.3 Å². The first-order chi connectivity index (χ1) is 11.7. The zero-order valence-electron chi connectivity index (χ0n) is 13.6. The molecule has 1 aliphatic rings. The summed E-state index contributed by atoms with van der Waals surface area (Å²) in [5.74, 6) is 0.792. The minimum absolute atomic E-state index is 0.215. The van der Waals surface area contributed by atoms with Gasteiger partial charge < -0.3 is 9.15 Å². The number of carbonyl (C=O) groups excluding carboxylic acids is 1. The Bertz CT molecular complexity index is 743. The van der Waals surface area contributed by atoms with Crippen LogP contribution in [0.25, 0.3) is 0 Å². The van der Waals surface area contributed by atoms with Crippen LogP contribution in [0.3, 0.4) is 0 Å². The number of nitrogens with zero attached hydrogens (tertiary/aromatic N) is 4. The van der Waals surface area contributed by atoms with Crippen LogP contribution in [0.4, 0.5) is 0 Å². The molecule has 0 aromatic carbocycles. The van der Waals surface area contributed by atoms with E-state index < -0.39 is 0 Å². The summed E-state index contributed by atoms with van der Waals surface area (Å²) in [5.41, 5.74) is 0.485. The Morgan fingerprint density at radius 1 is 1.54 bits per heavy atom. The Labute approximate surface area is 140 Å².